The molecule has 1 aromatic heterocycles. The molecule has 1 aliphatic rings. The van der Waals surface area contributed by atoms with Crippen LogP contribution in [-0.2, 0) is 11.3 Å². The van der Waals surface area contributed by atoms with Crippen LogP contribution < -0.4 is 5.73 Å². The summed E-state index contributed by atoms with van der Waals surface area (Å²) in [6.07, 6.45) is 0.602. The third-order valence-electron chi connectivity index (χ3n) is 3.30. The molecule has 2 heterocycles. The average molecular weight is 268 g/mol. The quantitative estimate of drug-likeness (QED) is 0.891. The van der Waals surface area contributed by atoms with Crippen LogP contribution in [0.2, 0.25) is 0 Å². The van der Waals surface area contributed by atoms with Gasteiger partial charge < -0.3 is 10.6 Å². The zero-order chi connectivity index (χ0) is 13.1. The van der Waals surface area contributed by atoms with Gasteiger partial charge in [0.15, 0.2) is 5.13 Å². The highest BCUT2D eigenvalue weighted by Crippen LogP contribution is 2.21. The van der Waals surface area contributed by atoms with E-state index in [9.17, 15) is 4.79 Å². The minimum atomic E-state index is 0.257. The van der Waals surface area contributed by atoms with Crippen molar-refractivity contribution in [3.05, 3.63) is 10.6 Å². The van der Waals surface area contributed by atoms with Crippen molar-refractivity contribution in [3.63, 3.8) is 0 Å². The Morgan fingerprint density at radius 1 is 1.39 bits per heavy atom. The fraction of sp³-hybridized carbons (Fsp3) is 0.667. The van der Waals surface area contributed by atoms with Crippen LogP contribution in [0, 0.1) is 6.92 Å². The lowest BCUT2D eigenvalue weighted by atomic mass is 10.2. The van der Waals surface area contributed by atoms with Crippen molar-refractivity contribution in [2.45, 2.75) is 26.8 Å². The number of carbonyl (C=O) groups excluding carboxylic acids is 1. The van der Waals surface area contributed by atoms with Crippen molar-refractivity contribution in [1.82, 2.24) is 14.8 Å². The molecule has 1 fully saturated rings. The number of carbonyl (C=O) groups is 1. The standard InChI is InChI=1S/C12H20N4OS/c1-3-11(17)16-6-4-15(5-7-16)8-10-9(2)14-12(13)18-10/h3-8H2,1-2H3,(H2,13,14). The second-order valence-electron chi connectivity index (χ2n) is 4.57. The zero-order valence-electron chi connectivity index (χ0n) is 11.0. The number of piperazine rings is 1. The van der Waals surface area contributed by atoms with Crippen LogP contribution in [-0.4, -0.2) is 46.9 Å². The molecule has 0 unspecified atom stereocenters. The topological polar surface area (TPSA) is 62.5 Å². The summed E-state index contributed by atoms with van der Waals surface area (Å²) in [7, 11) is 0. The lowest BCUT2D eigenvalue weighted by molar-refractivity contribution is -0.132. The molecule has 0 spiro atoms. The molecule has 0 aromatic carbocycles. The van der Waals surface area contributed by atoms with Gasteiger partial charge in [0, 0.05) is 44.0 Å². The first-order chi connectivity index (χ1) is 8.60. The molecular formula is C12H20N4OS. The van der Waals surface area contributed by atoms with Crippen molar-refractivity contribution in [2.24, 2.45) is 0 Å². The molecule has 2 rings (SSSR count). The molecule has 2 N–H and O–H groups in total. The first kappa shape index (κ1) is 13.3. The predicted molar refractivity (Wildman–Crippen MR) is 73.4 cm³/mol. The Labute approximate surface area is 112 Å². The van der Waals surface area contributed by atoms with Gasteiger partial charge >= 0.3 is 0 Å². The largest absolute Gasteiger partial charge is 0.375 e. The Balaban J connectivity index is 1.87. The second-order valence-corrected chi connectivity index (χ2v) is 5.69. The second kappa shape index (κ2) is 5.67. The lowest BCUT2D eigenvalue weighted by Gasteiger charge is -2.34. The van der Waals surface area contributed by atoms with E-state index in [0.717, 1.165) is 38.4 Å². The highest BCUT2D eigenvalue weighted by Gasteiger charge is 2.20. The van der Waals surface area contributed by atoms with Gasteiger partial charge in [0.25, 0.3) is 0 Å². The molecule has 1 amide bonds. The number of aryl methyl sites for hydroxylation is 1. The molecular weight excluding hydrogens is 248 g/mol. The fourth-order valence-electron chi connectivity index (χ4n) is 2.18. The van der Waals surface area contributed by atoms with Gasteiger partial charge in [-0.1, -0.05) is 6.92 Å². The molecule has 0 bridgehead atoms. The van der Waals surface area contributed by atoms with Gasteiger partial charge in [-0.3, -0.25) is 9.69 Å². The van der Waals surface area contributed by atoms with Crippen molar-refractivity contribution in [1.29, 1.82) is 0 Å². The molecule has 5 nitrogen and oxygen atoms in total. The Morgan fingerprint density at radius 2 is 2.06 bits per heavy atom. The molecule has 0 radical (unpaired) electrons. The average Bonchev–Trinajstić information content (AvgIpc) is 2.68. The molecule has 0 aliphatic carbocycles. The first-order valence-electron chi connectivity index (χ1n) is 6.32. The van der Waals surface area contributed by atoms with Crippen molar-refractivity contribution in [3.8, 4) is 0 Å². The third kappa shape index (κ3) is 3.00. The van der Waals surface area contributed by atoms with E-state index in [2.05, 4.69) is 9.88 Å². The Kier molecular flexibility index (Phi) is 4.19. The van der Waals surface area contributed by atoms with E-state index in [4.69, 9.17) is 5.73 Å². The van der Waals surface area contributed by atoms with Crippen LogP contribution in [0.3, 0.4) is 0 Å². The van der Waals surface area contributed by atoms with Gasteiger partial charge in [0.2, 0.25) is 5.91 Å². The molecule has 1 aliphatic heterocycles. The molecule has 1 aromatic rings. The number of nitrogen functional groups attached to an aromatic ring is 1. The Hall–Kier alpha value is -1.14. The number of nitrogens with zero attached hydrogens (tertiary/aromatic N) is 3. The van der Waals surface area contributed by atoms with Crippen LogP contribution in [0.5, 0.6) is 0 Å². The third-order valence-corrected chi connectivity index (χ3v) is 4.28. The summed E-state index contributed by atoms with van der Waals surface area (Å²) in [5, 5.41) is 0.641. The Bertz CT molecular complexity index is 424. The summed E-state index contributed by atoms with van der Waals surface area (Å²) in [5.41, 5.74) is 6.73. The van der Waals surface area contributed by atoms with Crippen LogP contribution in [0.15, 0.2) is 0 Å². The van der Waals surface area contributed by atoms with E-state index >= 15 is 0 Å². The number of hydrogen-bond acceptors (Lipinski definition) is 5. The first-order valence-corrected chi connectivity index (χ1v) is 7.13. The van der Waals surface area contributed by atoms with E-state index < -0.39 is 0 Å². The number of amides is 1. The molecule has 0 saturated carbocycles. The summed E-state index contributed by atoms with van der Waals surface area (Å²) < 4.78 is 0. The Morgan fingerprint density at radius 3 is 2.56 bits per heavy atom. The maximum absolute atomic E-state index is 11.6. The highest BCUT2D eigenvalue weighted by molar-refractivity contribution is 7.15. The number of hydrogen-bond donors (Lipinski definition) is 1. The van der Waals surface area contributed by atoms with Gasteiger partial charge in [0.05, 0.1) is 5.69 Å². The molecule has 6 heteroatoms. The SMILES string of the molecule is CCC(=O)N1CCN(Cc2sc(N)nc2C)CC1. The van der Waals surface area contributed by atoms with Gasteiger partial charge in [-0.25, -0.2) is 4.98 Å². The fourth-order valence-corrected chi connectivity index (χ4v) is 3.05. The van der Waals surface area contributed by atoms with E-state index in [1.165, 1.54) is 4.88 Å². The maximum Gasteiger partial charge on any atom is 0.222 e. The maximum atomic E-state index is 11.6. The van der Waals surface area contributed by atoms with Crippen LogP contribution >= 0.6 is 11.3 Å². The van der Waals surface area contributed by atoms with Gasteiger partial charge in [-0.15, -0.1) is 11.3 Å². The number of thiazole rings is 1. The lowest BCUT2D eigenvalue weighted by Crippen LogP contribution is -2.48. The minimum Gasteiger partial charge on any atom is -0.375 e. The number of rotatable bonds is 3. The van der Waals surface area contributed by atoms with Crippen molar-refractivity contribution >= 4 is 22.4 Å². The normalized spacial score (nSPS) is 17.1. The molecule has 0 atom stereocenters. The van der Waals surface area contributed by atoms with Gasteiger partial charge in [-0.2, -0.15) is 0 Å². The van der Waals surface area contributed by atoms with Gasteiger partial charge in [0.1, 0.15) is 0 Å². The van der Waals surface area contributed by atoms with E-state index in [0.29, 0.717) is 11.6 Å². The highest BCUT2D eigenvalue weighted by atomic mass is 32.1. The van der Waals surface area contributed by atoms with Crippen molar-refractivity contribution in [2.75, 3.05) is 31.9 Å². The van der Waals surface area contributed by atoms with Crippen LogP contribution in [0.4, 0.5) is 5.13 Å². The van der Waals surface area contributed by atoms with Crippen molar-refractivity contribution < 1.29 is 4.79 Å². The summed E-state index contributed by atoms with van der Waals surface area (Å²) in [6, 6.07) is 0. The monoisotopic (exact) mass is 268 g/mol. The zero-order valence-corrected chi connectivity index (χ0v) is 11.8. The van der Waals surface area contributed by atoms with E-state index in [1.54, 1.807) is 11.3 Å². The summed E-state index contributed by atoms with van der Waals surface area (Å²) in [5.74, 6) is 0.257. The molecule has 1 saturated heterocycles. The smallest absolute Gasteiger partial charge is 0.222 e. The number of anilines is 1. The molecule has 100 valence electrons. The van der Waals surface area contributed by atoms with Crippen LogP contribution in [0.25, 0.3) is 0 Å². The van der Waals surface area contributed by atoms with E-state index in [1.807, 2.05) is 18.7 Å². The minimum absolute atomic E-state index is 0.257. The summed E-state index contributed by atoms with van der Waals surface area (Å²) in [4.78, 5) is 21.4. The van der Waals surface area contributed by atoms with E-state index in [-0.39, 0.29) is 5.91 Å². The molecule has 18 heavy (non-hydrogen) atoms. The summed E-state index contributed by atoms with van der Waals surface area (Å²) >= 11 is 1.56. The summed E-state index contributed by atoms with van der Waals surface area (Å²) in [6.45, 7) is 8.35. The number of nitrogens with two attached hydrogens (primary N) is 1. The van der Waals surface area contributed by atoms with Gasteiger partial charge in [-0.05, 0) is 6.92 Å². The number of aromatic nitrogens is 1. The van der Waals surface area contributed by atoms with Crippen LogP contribution in [0.1, 0.15) is 23.9 Å². The predicted octanol–water partition coefficient (Wildman–Crippen LogP) is 1.09.